The summed E-state index contributed by atoms with van der Waals surface area (Å²) in [6, 6.07) is -1.26. The predicted molar refractivity (Wildman–Crippen MR) is 31.5 cm³/mol. The largest absolute Gasteiger partial charge is 0.530 e. The lowest BCUT2D eigenvalue weighted by Gasteiger charge is -2.21. The first-order valence-corrected chi connectivity index (χ1v) is 3.27. The zero-order chi connectivity index (χ0) is 9.35. The van der Waals surface area contributed by atoms with Gasteiger partial charge in [-0.25, -0.2) is 8.78 Å². The van der Waals surface area contributed by atoms with Crippen LogP contribution in [0.4, 0.5) is 13.6 Å². The zero-order valence-corrected chi connectivity index (χ0v) is 6.00. The van der Waals surface area contributed by atoms with E-state index in [1.54, 1.807) is 0 Å². The highest BCUT2D eigenvalue weighted by molar-refractivity contribution is 5.71. The Hall–Kier alpha value is -1.20. The number of carbonyl (C=O) groups is 2. The Morgan fingerprint density at radius 1 is 1.67 bits per heavy atom. The van der Waals surface area contributed by atoms with Crippen LogP contribution in [0.5, 0.6) is 0 Å². The maximum Gasteiger partial charge on any atom is 0.267 e. The molecule has 1 amide bonds. The van der Waals surface area contributed by atoms with Gasteiger partial charge in [-0.2, -0.15) is 0 Å². The van der Waals surface area contributed by atoms with Crippen molar-refractivity contribution in [1.82, 2.24) is 4.90 Å². The quantitative estimate of drug-likeness (QED) is 0.496. The second-order valence-electron chi connectivity index (χ2n) is 2.66. The average Bonchev–Trinajstić information content (AvgIpc) is 2.25. The van der Waals surface area contributed by atoms with Gasteiger partial charge >= 0.3 is 0 Å². The van der Waals surface area contributed by atoms with E-state index >= 15 is 0 Å². The van der Waals surface area contributed by atoms with Gasteiger partial charge in [0.25, 0.3) is 5.92 Å². The van der Waals surface area contributed by atoms with E-state index in [-0.39, 0.29) is 6.29 Å². The van der Waals surface area contributed by atoms with Crippen molar-refractivity contribution in [3.05, 3.63) is 0 Å². The number of carboxylic acid groups (broad SMARTS) is 1. The van der Waals surface area contributed by atoms with E-state index in [4.69, 9.17) is 0 Å². The highest BCUT2D eigenvalue weighted by Gasteiger charge is 2.44. The van der Waals surface area contributed by atoms with Gasteiger partial charge in [0.2, 0.25) is 0 Å². The Labute approximate surface area is 66.8 Å². The van der Waals surface area contributed by atoms with Gasteiger partial charge in [0.1, 0.15) is 12.4 Å². The summed E-state index contributed by atoms with van der Waals surface area (Å²) in [5.74, 6) is -3.11. The molecule has 0 aromatic heterocycles. The van der Waals surface area contributed by atoms with E-state index in [2.05, 4.69) is 0 Å². The number of hydrogen-bond acceptors (Lipinski definition) is 3. The molecule has 0 aromatic rings. The molecule has 1 heterocycles. The van der Waals surface area contributed by atoms with Crippen molar-refractivity contribution in [3.8, 4) is 0 Å². The lowest BCUT2D eigenvalue weighted by molar-refractivity contribution is -0.266. The van der Waals surface area contributed by atoms with E-state index in [1.807, 2.05) is 0 Å². The molecule has 1 aliphatic heterocycles. The number of aldehydes is 1. The number of alkyl halides is 2. The molecular weight excluding hydrogens is 172 g/mol. The lowest BCUT2D eigenvalue weighted by Crippen LogP contribution is -2.45. The first-order chi connectivity index (χ1) is 5.46. The Morgan fingerprint density at radius 3 is 2.58 bits per heavy atom. The van der Waals surface area contributed by atoms with E-state index < -0.39 is 31.0 Å². The van der Waals surface area contributed by atoms with Crippen LogP contribution >= 0.6 is 0 Å². The van der Waals surface area contributed by atoms with Gasteiger partial charge in [-0.15, -0.1) is 0 Å². The fraction of sp³-hybridized carbons (Fsp3) is 0.667. The van der Waals surface area contributed by atoms with Crippen molar-refractivity contribution in [3.63, 3.8) is 0 Å². The smallest absolute Gasteiger partial charge is 0.267 e. The monoisotopic (exact) mass is 178 g/mol. The third-order valence-corrected chi connectivity index (χ3v) is 1.70. The maximum atomic E-state index is 12.5. The maximum absolute atomic E-state index is 12.5. The van der Waals surface area contributed by atoms with Crippen molar-refractivity contribution in [2.75, 3.05) is 6.54 Å². The Kier molecular flexibility index (Phi) is 1.99. The minimum Gasteiger partial charge on any atom is -0.530 e. The summed E-state index contributed by atoms with van der Waals surface area (Å²) in [6.07, 6.45) is -2.29. The molecule has 0 saturated carbocycles. The number of halogens is 2. The second kappa shape index (κ2) is 2.69. The van der Waals surface area contributed by atoms with Crippen LogP contribution < -0.4 is 5.11 Å². The predicted octanol–water partition coefficient (Wildman–Crippen LogP) is -0.762. The van der Waals surface area contributed by atoms with E-state index in [0.717, 1.165) is 0 Å². The molecule has 1 rings (SSSR count). The van der Waals surface area contributed by atoms with Gasteiger partial charge in [0.05, 0.1) is 12.6 Å². The van der Waals surface area contributed by atoms with Gasteiger partial charge in [0.15, 0.2) is 0 Å². The van der Waals surface area contributed by atoms with E-state index in [9.17, 15) is 23.5 Å². The van der Waals surface area contributed by atoms with Crippen LogP contribution in [0, 0.1) is 0 Å². The summed E-state index contributed by atoms with van der Waals surface area (Å²) in [5, 5.41) is 10.2. The van der Waals surface area contributed by atoms with Crippen LogP contribution in [0.1, 0.15) is 6.42 Å². The molecule has 68 valence electrons. The van der Waals surface area contributed by atoms with Crippen molar-refractivity contribution in [1.29, 1.82) is 0 Å². The third-order valence-electron chi connectivity index (χ3n) is 1.70. The summed E-state index contributed by atoms with van der Waals surface area (Å²) >= 11 is 0. The number of rotatable bonds is 1. The summed E-state index contributed by atoms with van der Waals surface area (Å²) in [6.45, 7) is -0.946. The molecule has 1 atom stereocenters. The van der Waals surface area contributed by atoms with Gasteiger partial charge in [-0.05, 0) is 0 Å². The van der Waals surface area contributed by atoms with Crippen molar-refractivity contribution < 1.29 is 23.5 Å². The minimum absolute atomic E-state index is 0.191. The highest BCUT2D eigenvalue weighted by Crippen LogP contribution is 2.30. The van der Waals surface area contributed by atoms with Crippen LogP contribution in [0.2, 0.25) is 0 Å². The molecule has 0 N–H and O–H groups in total. The SMILES string of the molecule is O=CC1CC(F)(F)CN1C(=O)[O-]. The number of nitrogens with zero attached hydrogens (tertiary/aromatic N) is 1. The van der Waals surface area contributed by atoms with Crippen LogP contribution in [0.25, 0.3) is 0 Å². The average molecular weight is 178 g/mol. The molecule has 1 saturated heterocycles. The molecule has 0 spiro atoms. The number of carbonyl (C=O) groups excluding carboxylic acids is 2. The van der Waals surface area contributed by atoms with Gasteiger partial charge in [-0.3, -0.25) is 0 Å². The Morgan fingerprint density at radius 2 is 2.25 bits per heavy atom. The van der Waals surface area contributed by atoms with Crippen molar-refractivity contribution >= 4 is 12.4 Å². The molecule has 6 heteroatoms. The number of amides is 1. The van der Waals surface area contributed by atoms with Crippen LogP contribution in [-0.4, -0.2) is 35.8 Å². The summed E-state index contributed by atoms with van der Waals surface area (Å²) in [4.78, 5) is 20.7. The molecular formula is C6H6F2NO3-. The Balaban J connectivity index is 2.76. The third kappa shape index (κ3) is 1.51. The molecule has 0 aliphatic carbocycles. The summed E-state index contributed by atoms with van der Waals surface area (Å²) < 4.78 is 25.0. The topological polar surface area (TPSA) is 60.4 Å². The fourth-order valence-electron chi connectivity index (χ4n) is 1.17. The van der Waals surface area contributed by atoms with Crippen LogP contribution in [-0.2, 0) is 4.79 Å². The van der Waals surface area contributed by atoms with E-state index in [1.165, 1.54) is 0 Å². The summed E-state index contributed by atoms with van der Waals surface area (Å²) in [5.41, 5.74) is 0. The minimum atomic E-state index is -3.11. The summed E-state index contributed by atoms with van der Waals surface area (Å²) in [7, 11) is 0. The van der Waals surface area contributed by atoms with Crippen LogP contribution in [0.3, 0.4) is 0 Å². The van der Waals surface area contributed by atoms with Crippen molar-refractivity contribution in [2.24, 2.45) is 0 Å². The van der Waals surface area contributed by atoms with Crippen LogP contribution in [0.15, 0.2) is 0 Å². The first-order valence-electron chi connectivity index (χ1n) is 3.27. The second-order valence-corrected chi connectivity index (χ2v) is 2.66. The first kappa shape index (κ1) is 8.89. The molecule has 1 aliphatic rings. The molecule has 0 radical (unpaired) electrons. The van der Waals surface area contributed by atoms with Gasteiger partial charge < -0.3 is 19.6 Å². The number of likely N-dealkylation sites (tertiary alicyclic amines) is 1. The zero-order valence-electron chi connectivity index (χ0n) is 6.00. The molecule has 0 bridgehead atoms. The van der Waals surface area contributed by atoms with E-state index in [0.29, 0.717) is 4.90 Å². The highest BCUT2D eigenvalue weighted by atomic mass is 19.3. The lowest BCUT2D eigenvalue weighted by atomic mass is 10.2. The fourth-order valence-corrected chi connectivity index (χ4v) is 1.17. The molecule has 4 nitrogen and oxygen atoms in total. The van der Waals surface area contributed by atoms with Crippen molar-refractivity contribution in [2.45, 2.75) is 18.4 Å². The van der Waals surface area contributed by atoms with Gasteiger partial charge in [0, 0.05) is 6.42 Å². The molecule has 12 heavy (non-hydrogen) atoms. The molecule has 1 unspecified atom stereocenters. The Bertz CT molecular complexity index is 219. The standard InChI is InChI=1S/C6H7F2NO3/c7-6(8)1-4(2-10)9(3-6)5(11)12/h2,4H,1,3H2,(H,11,12)/p-1. The molecule has 0 aromatic carbocycles. The number of hydrogen-bond donors (Lipinski definition) is 0. The molecule has 1 fully saturated rings. The normalized spacial score (nSPS) is 27.2. The van der Waals surface area contributed by atoms with Gasteiger partial charge in [-0.1, -0.05) is 0 Å².